The molecule has 2 amide bonds. The number of ether oxygens (including phenoxy) is 1. The third kappa shape index (κ3) is 7.11. The lowest BCUT2D eigenvalue weighted by Crippen LogP contribution is -2.20. The molecule has 0 saturated heterocycles. The van der Waals surface area contributed by atoms with Gasteiger partial charge in [-0.3, -0.25) is 9.59 Å². The molecule has 0 heterocycles. The average molecular weight is 417 g/mol. The van der Waals surface area contributed by atoms with Crippen LogP contribution in [-0.2, 0) is 19.1 Å². The summed E-state index contributed by atoms with van der Waals surface area (Å²) in [6.45, 7) is 0.823. The quantitative estimate of drug-likeness (QED) is 0.471. The Morgan fingerprint density at radius 2 is 1.52 bits per heavy atom. The Morgan fingerprint density at radius 1 is 0.966 bits per heavy atom. The maximum atomic E-state index is 12.0. The lowest BCUT2D eigenvalue weighted by Gasteiger charge is -2.07. The predicted molar refractivity (Wildman–Crippen MR) is 107 cm³/mol. The second kappa shape index (κ2) is 10.0. The molecule has 2 rings (SSSR count). The van der Waals surface area contributed by atoms with Gasteiger partial charge in [0.2, 0.25) is 5.91 Å². The van der Waals surface area contributed by atoms with Gasteiger partial charge in [0.05, 0.1) is 5.56 Å². The van der Waals surface area contributed by atoms with Crippen LogP contribution in [0.5, 0.6) is 0 Å². The van der Waals surface area contributed by atoms with E-state index in [4.69, 9.17) is 21.4 Å². The predicted octanol–water partition coefficient (Wildman–Crippen LogP) is 3.10. The van der Waals surface area contributed by atoms with Crippen molar-refractivity contribution in [3.63, 3.8) is 0 Å². The zero-order valence-corrected chi connectivity index (χ0v) is 16.0. The third-order valence-corrected chi connectivity index (χ3v) is 3.79. The molecule has 8 nitrogen and oxygen atoms in total. The van der Waals surface area contributed by atoms with Crippen LogP contribution >= 0.6 is 11.6 Å². The number of hydrogen-bond donors (Lipinski definition) is 3. The van der Waals surface area contributed by atoms with Gasteiger partial charge >= 0.3 is 11.9 Å². The number of aliphatic carboxylic acids is 1. The van der Waals surface area contributed by atoms with E-state index >= 15 is 0 Å². The first kappa shape index (κ1) is 21.6. The highest BCUT2D eigenvalue weighted by Gasteiger charge is 2.11. The minimum absolute atomic E-state index is 0.112. The first-order valence-electron chi connectivity index (χ1n) is 8.30. The number of rotatable bonds is 7. The maximum Gasteiger partial charge on any atom is 0.338 e. The molecule has 9 heteroatoms. The van der Waals surface area contributed by atoms with E-state index in [-0.39, 0.29) is 11.1 Å². The monoisotopic (exact) mass is 416 g/mol. The van der Waals surface area contributed by atoms with Gasteiger partial charge in [-0.25, -0.2) is 9.59 Å². The van der Waals surface area contributed by atoms with Crippen LogP contribution in [0, 0.1) is 0 Å². The molecule has 0 radical (unpaired) electrons. The number of halogens is 1. The Labute approximate surface area is 171 Å². The SMILES string of the molecule is C/C(=C/C(=O)Nc1ccc(C(=O)OCC(=O)Nc2ccc(Cl)cc2)cc1)C(=O)O. The number of carboxylic acid groups (broad SMARTS) is 1. The number of carbonyl (C=O) groups is 4. The van der Waals surface area contributed by atoms with Gasteiger partial charge in [0.15, 0.2) is 6.61 Å². The van der Waals surface area contributed by atoms with Gasteiger partial charge in [-0.2, -0.15) is 0 Å². The van der Waals surface area contributed by atoms with E-state index in [1.165, 1.54) is 31.2 Å². The van der Waals surface area contributed by atoms with E-state index in [0.29, 0.717) is 16.4 Å². The zero-order chi connectivity index (χ0) is 21.4. The zero-order valence-electron chi connectivity index (χ0n) is 15.3. The number of carboxylic acids is 1. The molecule has 3 N–H and O–H groups in total. The molecule has 2 aromatic rings. The average Bonchev–Trinajstić information content (AvgIpc) is 2.68. The molecule has 0 aliphatic carbocycles. The summed E-state index contributed by atoms with van der Waals surface area (Å²) in [6, 6.07) is 12.2. The molecule has 0 atom stereocenters. The molecule has 0 aliphatic rings. The number of amides is 2. The van der Waals surface area contributed by atoms with E-state index in [0.717, 1.165) is 6.08 Å². The maximum absolute atomic E-state index is 12.0. The van der Waals surface area contributed by atoms with Crippen LogP contribution in [0.3, 0.4) is 0 Å². The van der Waals surface area contributed by atoms with E-state index in [1.807, 2.05) is 0 Å². The molecular weight excluding hydrogens is 400 g/mol. The Balaban J connectivity index is 1.86. The van der Waals surface area contributed by atoms with Crippen LogP contribution in [0.2, 0.25) is 5.02 Å². The fourth-order valence-corrected chi connectivity index (χ4v) is 2.20. The van der Waals surface area contributed by atoms with Gasteiger partial charge in [-0.15, -0.1) is 0 Å². The topological polar surface area (TPSA) is 122 Å². The van der Waals surface area contributed by atoms with Crippen LogP contribution in [0.4, 0.5) is 11.4 Å². The Kier molecular flexibility index (Phi) is 7.50. The molecular formula is C20H17ClN2O6. The van der Waals surface area contributed by atoms with Gasteiger partial charge in [-0.05, 0) is 55.5 Å². The highest BCUT2D eigenvalue weighted by Crippen LogP contribution is 2.14. The first-order chi connectivity index (χ1) is 13.7. The molecule has 0 aliphatic heterocycles. The number of hydrogen-bond acceptors (Lipinski definition) is 5. The Bertz CT molecular complexity index is 952. The molecule has 0 unspecified atom stereocenters. The molecule has 0 fully saturated rings. The van der Waals surface area contributed by atoms with Crippen LogP contribution in [0.15, 0.2) is 60.2 Å². The summed E-state index contributed by atoms with van der Waals surface area (Å²) in [5, 5.41) is 14.3. The van der Waals surface area contributed by atoms with Crippen LogP contribution < -0.4 is 10.6 Å². The van der Waals surface area contributed by atoms with Crippen molar-refractivity contribution in [3.8, 4) is 0 Å². The van der Waals surface area contributed by atoms with Crippen molar-refractivity contribution in [1.82, 2.24) is 0 Å². The summed E-state index contributed by atoms with van der Waals surface area (Å²) in [6.07, 6.45) is 0.948. The van der Waals surface area contributed by atoms with Crippen molar-refractivity contribution in [1.29, 1.82) is 0 Å². The largest absolute Gasteiger partial charge is 0.478 e. The normalized spacial score (nSPS) is 10.8. The van der Waals surface area contributed by atoms with Crippen molar-refractivity contribution < 1.29 is 29.0 Å². The Hall–Kier alpha value is -3.65. The first-order valence-corrected chi connectivity index (χ1v) is 8.67. The lowest BCUT2D eigenvalue weighted by atomic mass is 10.2. The summed E-state index contributed by atoms with van der Waals surface area (Å²) in [5.74, 6) is -3.03. The van der Waals surface area contributed by atoms with Crippen LogP contribution in [0.1, 0.15) is 17.3 Å². The summed E-state index contributed by atoms with van der Waals surface area (Å²) in [4.78, 5) is 46.2. The number of benzene rings is 2. The number of carbonyl (C=O) groups excluding carboxylic acids is 3. The summed E-state index contributed by atoms with van der Waals surface area (Å²) < 4.78 is 4.95. The number of esters is 1. The molecule has 0 saturated carbocycles. The molecule has 0 spiro atoms. The second-order valence-corrected chi connectivity index (χ2v) is 6.27. The lowest BCUT2D eigenvalue weighted by molar-refractivity contribution is -0.132. The van der Waals surface area contributed by atoms with Crippen molar-refractivity contribution in [2.75, 3.05) is 17.2 Å². The fraction of sp³-hybridized carbons (Fsp3) is 0.100. The molecule has 0 bridgehead atoms. The van der Waals surface area contributed by atoms with E-state index in [1.54, 1.807) is 24.3 Å². The fourth-order valence-electron chi connectivity index (χ4n) is 2.07. The molecule has 150 valence electrons. The van der Waals surface area contributed by atoms with Crippen LogP contribution in [0.25, 0.3) is 0 Å². The van der Waals surface area contributed by atoms with E-state index < -0.39 is 30.4 Å². The van der Waals surface area contributed by atoms with Gasteiger partial charge in [0, 0.05) is 28.0 Å². The Morgan fingerprint density at radius 3 is 2.10 bits per heavy atom. The van der Waals surface area contributed by atoms with Gasteiger partial charge in [-0.1, -0.05) is 11.6 Å². The van der Waals surface area contributed by atoms with E-state index in [9.17, 15) is 19.2 Å². The summed E-state index contributed by atoms with van der Waals surface area (Å²) >= 11 is 5.76. The van der Waals surface area contributed by atoms with Crippen molar-refractivity contribution >= 4 is 46.7 Å². The van der Waals surface area contributed by atoms with E-state index in [2.05, 4.69) is 10.6 Å². The molecule has 2 aromatic carbocycles. The van der Waals surface area contributed by atoms with Gasteiger partial charge in [0.1, 0.15) is 0 Å². The van der Waals surface area contributed by atoms with Gasteiger partial charge < -0.3 is 20.5 Å². The smallest absolute Gasteiger partial charge is 0.338 e. The second-order valence-electron chi connectivity index (χ2n) is 5.83. The number of anilines is 2. The van der Waals surface area contributed by atoms with Crippen molar-refractivity contribution in [2.24, 2.45) is 0 Å². The minimum Gasteiger partial charge on any atom is -0.478 e. The standard InChI is InChI=1S/C20H17ClN2O6/c1-12(19(26)27)10-17(24)22-15-6-2-13(3-7-15)20(28)29-11-18(25)23-16-8-4-14(21)5-9-16/h2-10H,11H2,1H3,(H,22,24)(H,23,25)(H,26,27)/b12-10-. The third-order valence-electron chi connectivity index (χ3n) is 3.54. The number of nitrogens with one attached hydrogen (secondary N) is 2. The van der Waals surface area contributed by atoms with Crippen molar-refractivity contribution in [3.05, 3.63) is 70.8 Å². The summed E-state index contributed by atoms with van der Waals surface area (Å²) in [7, 11) is 0. The highest BCUT2D eigenvalue weighted by molar-refractivity contribution is 6.30. The van der Waals surface area contributed by atoms with Gasteiger partial charge in [0.25, 0.3) is 5.91 Å². The minimum atomic E-state index is -1.20. The molecule has 29 heavy (non-hydrogen) atoms. The molecule has 0 aromatic heterocycles. The summed E-state index contributed by atoms with van der Waals surface area (Å²) in [5.41, 5.74) is 0.948. The van der Waals surface area contributed by atoms with Crippen molar-refractivity contribution in [2.45, 2.75) is 6.92 Å². The highest BCUT2D eigenvalue weighted by atomic mass is 35.5. The van der Waals surface area contributed by atoms with Crippen LogP contribution in [-0.4, -0.2) is 35.5 Å².